The topological polar surface area (TPSA) is 43.4 Å². The second-order valence-corrected chi connectivity index (χ2v) is 10.0. The Morgan fingerprint density at radius 3 is 2.62 bits per heavy atom. The summed E-state index contributed by atoms with van der Waals surface area (Å²) in [5, 5.41) is 0. The predicted octanol–water partition coefficient (Wildman–Crippen LogP) is 4.14. The Morgan fingerprint density at radius 2 is 1.92 bits per heavy atom. The van der Waals surface area contributed by atoms with Gasteiger partial charge in [0.2, 0.25) is 0 Å². The highest BCUT2D eigenvalue weighted by Gasteiger charge is 2.78. The number of carbonyl (C=O) groups is 2. The Hall–Kier alpha value is -0.860. The summed E-state index contributed by atoms with van der Waals surface area (Å²) in [6.07, 6.45) is 9.14. The monoisotopic (exact) mass is 330 g/mol. The van der Waals surface area contributed by atoms with Crippen molar-refractivity contribution in [1.82, 2.24) is 0 Å². The van der Waals surface area contributed by atoms with Gasteiger partial charge in [-0.15, -0.1) is 0 Å². The van der Waals surface area contributed by atoms with E-state index in [4.69, 9.17) is 4.74 Å². The molecule has 0 unspecified atom stereocenters. The summed E-state index contributed by atoms with van der Waals surface area (Å²) in [7, 11) is 0. The normalized spacial score (nSPS) is 57.6. The first kappa shape index (κ1) is 15.4. The zero-order valence-corrected chi connectivity index (χ0v) is 15.3. The molecule has 0 aromatic rings. The average Bonchev–Trinajstić information content (AvgIpc) is 3.08. The minimum Gasteiger partial charge on any atom is -0.462 e. The summed E-state index contributed by atoms with van der Waals surface area (Å²) in [6.45, 7) is 6.30. The van der Waals surface area contributed by atoms with E-state index in [9.17, 15) is 9.59 Å². The van der Waals surface area contributed by atoms with Crippen LogP contribution in [0.4, 0.5) is 0 Å². The van der Waals surface area contributed by atoms with E-state index < -0.39 is 0 Å². The van der Waals surface area contributed by atoms with E-state index in [0.29, 0.717) is 23.0 Å². The zero-order valence-electron chi connectivity index (χ0n) is 15.3. The molecule has 3 heteroatoms. The quantitative estimate of drug-likeness (QED) is 0.679. The molecule has 0 amide bonds. The Balaban J connectivity index is 1.55. The lowest BCUT2D eigenvalue weighted by Gasteiger charge is -2.59. The first-order chi connectivity index (χ1) is 11.3. The summed E-state index contributed by atoms with van der Waals surface area (Å²) >= 11 is 0. The first-order valence-electron chi connectivity index (χ1n) is 10.0. The third-order valence-electron chi connectivity index (χ3n) is 9.56. The second kappa shape index (κ2) is 4.45. The summed E-state index contributed by atoms with van der Waals surface area (Å²) in [4.78, 5) is 24.3. The Bertz CT molecular complexity index is 627. The summed E-state index contributed by atoms with van der Waals surface area (Å²) in [6, 6.07) is 0. The molecular formula is C21H30O3. The molecule has 8 atom stereocenters. The SMILES string of the molecule is CC(=O)O[C@@H]1C[C@@H]2[C@@H]3CCC(=O)[C@]3(C)CC[C@@H]2[C@]2(C)CC[C@@H]3C[C@]312. The lowest BCUT2D eigenvalue weighted by Crippen LogP contribution is -2.57. The Morgan fingerprint density at radius 1 is 1.12 bits per heavy atom. The van der Waals surface area contributed by atoms with E-state index in [1.54, 1.807) is 6.92 Å². The van der Waals surface area contributed by atoms with E-state index in [1.807, 2.05) is 0 Å². The van der Waals surface area contributed by atoms with Crippen molar-refractivity contribution >= 4 is 11.8 Å². The maximum absolute atomic E-state index is 12.6. The molecule has 5 fully saturated rings. The van der Waals surface area contributed by atoms with Crippen molar-refractivity contribution in [1.29, 1.82) is 0 Å². The molecule has 0 aromatic carbocycles. The summed E-state index contributed by atoms with van der Waals surface area (Å²) in [5.41, 5.74) is 0.508. The van der Waals surface area contributed by atoms with Gasteiger partial charge >= 0.3 is 5.97 Å². The number of ketones is 1. The molecule has 0 aliphatic heterocycles. The van der Waals surface area contributed by atoms with Crippen LogP contribution >= 0.6 is 0 Å². The van der Waals surface area contributed by atoms with Crippen LogP contribution < -0.4 is 0 Å². The van der Waals surface area contributed by atoms with Gasteiger partial charge in [-0.1, -0.05) is 13.8 Å². The third-order valence-corrected chi connectivity index (χ3v) is 9.56. The molecule has 5 rings (SSSR count). The van der Waals surface area contributed by atoms with Gasteiger partial charge in [-0.25, -0.2) is 0 Å². The summed E-state index contributed by atoms with van der Waals surface area (Å²) in [5.74, 6) is 3.00. The van der Waals surface area contributed by atoms with Crippen LogP contribution in [0.25, 0.3) is 0 Å². The molecule has 0 bridgehead atoms. The van der Waals surface area contributed by atoms with E-state index in [1.165, 1.54) is 25.7 Å². The molecular weight excluding hydrogens is 300 g/mol. The van der Waals surface area contributed by atoms with Crippen LogP contribution in [0.5, 0.6) is 0 Å². The molecule has 132 valence electrons. The number of ether oxygens (including phenoxy) is 1. The fraction of sp³-hybridized carbons (Fsp3) is 0.905. The van der Waals surface area contributed by atoms with Crippen LogP contribution in [-0.2, 0) is 14.3 Å². The van der Waals surface area contributed by atoms with Crippen molar-refractivity contribution in [2.75, 3.05) is 0 Å². The lowest BCUT2D eigenvalue weighted by molar-refractivity contribution is -0.180. The fourth-order valence-electron chi connectivity index (χ4n) is 8.40. The Kier molecular flexibility index (Phi) is 2.86. The number of hydrogen-bond donors (Lipinski definition) is 0. The van der Waals surface area contributed by atoms with E-state index >= 15 is 0 Å². The largest absolute Gasteiger partial charge is 0.462 e. The average molecular weight is 330 g/mol. The third kappa shape index (κ3) is 1.56. The standard InChI is InChI=1S/C21H30O3/c1-12(22)24-18-10-14-15-4-5-17(23)19(15,2)8-7-16(14)20(3)9-6-13-11-21(13,18)20/h13-16,18H,4-11H2,1-3H3/t13-,14-,15+,16+,18-,19-,20+,21+/m1/s1. The van der Waals surface area contributed by atoms with E-state index in [0.717, 1.165) is 37.5 Å². The zero-order chi connectivity index (χ0) is 16.9. The van der Waals surface area contributed by atoms with Crippen LogP contribution in [0.1, 0.15) is 72.1 Å². The van der Waals surface area contributed by atoms with Gasteiger partial charge < -0.3 is 4.74 Å². The maximum Gasteiger partial charge on any atom is 0.302 e. The van der Waals surface area contributed by atoms with Crippen molar-refractivity contribution in [3.05, 3.63) is 0 Å². The molecule has 1 spiro atoms. The highest BCUT2D eigenvalue weighted by Crippen LogP contribution is 2.81. The molecule has 0 aromatic heterocycles. The van der Waals surface area contributed by atoms with Crippen molar-refractivity contribution in [3.8, 4) is 0 Å². The molecule has 5 saturated carbocycles. The van der Waals surface area contributed by atoms with Gasteiger partial charge in [0.25, 0.3) is 0 Å². The fourth-order valence-corrected chi connectivity index (χ4v) is 8.40. The minimum absolute atomic E-state index is 0.0929. The van der Waals surface area contributed by atoms with Gasteiger partial charge in [0, 0.05) is 24.2 Å². The van der Waals surface area contributed by atoms with E-state index in [2.05, 4.69) is 13.8 Å². The number of Topliss-reactive ketones (excluding diaryl/α,β-unsaturated/α-hetero) is 1. The number of esters is 1. The molecule has 5 aliphatic carbocycles. The molecule has 5 aliphatic rings. The van der Waals surface area contributed by atoms with Gasteiger partial charge in [-0.2, -0.15) is 0 Å². The minimum atomic E-state index is -0.117. The first-order valence-corrected chi connectivity index (χ1v) is 10.0. The van der Waals surface area contributed by atoms with Gasteiger partial charge in [-0.05, 0) is 74.0 Å². The van der Waals surface area contributed by atoms with Crippen LogP contribution in [0.15, 0.2) is 0 Å². The van der Waals surface area contributed by atoms with Crippen LogP contribution in [-0.4, -0.2) is 17.9 Å². The summed E-state index contributed by atoms with van der Waals surface area (Å²) < 4.78 is 5.95. The number of hydrogen-bond acceptors (Lipinski definition) is 3. The molecule has 0 heterocycles. The van der Waals surface area contributed by atoms with Gasteiger partial charge in [0.1, 0.15) is 11.9 Å². The molecule has 0 saturated heterocycles. The predicted molar refractivity (Wildman–Crippen MR) is 90.1 cm³/mol. The van der Waals surface area contributed by atoms with Crippen LogP contribution in [0, 0.1) is 39.9 Å². The molecule has 3 nitrogen and oxygen atoms in total. The van der Waals surface area contributed by atoms with Crippen molar-refractivity contribution in [3.63, 3.8) is 0 Å². The smallest absolute Gasteiger partial charge is 0.302 e. The Labute approximate surface area is 144 Å². The second-order valence-electron chi connectivity index (χ2n) is 10.0. The van der Waals surface area contributed by atoms with Crippen molar-refractivity contribution in [2.24, 2.45) is 39.9 Å². The van der Waals surface area contributed by atoms with Crippen LogP contribution in [0.3, 0.4) is 0 Å². The van der Waals surface area contributed by atoms with E-state index in [-0.39, 0.29) is 22.9 Å². The molecule has 0 radical (unpaired) electrons. The molecule has 0 N–H and O–H groups in total. The van der Waals surface area contributed by atoms with Crippen molar-refractivity contribution in [2.45, 2.75) is 78.2 Å². The number of fused-ring (bicyclic) bond motifs is 4. The number of carbonyl (C=O) groups excluding carboxylic acids is 2. The highest BCUT2D eigenvalue weighted by molar-refractivity contribution is 5.87. The maximum atomic E-state index is 12.6. The van der Waals surface area contributed by atoms with Gasteiger partial charge in [-0.3, -0.25) is 9.59 Å². The number of rotatable bonds is 1. The van der Waals surface area contributed by atoms with Gasteiger partial charge in [0.05, 0.1) is 0 Å². The highest BCUT2D eigenvalue weighted by atomic mass is 16.5. The van der Waals surface area contributed by atoms with Gasteiger partial charge in [0.15, 0.2) is 0 Å². The van der Waals surface area contributed by atoms with Crippen LogP contribution in [0.2, 0.25) is 0 Å². The van der Waals surface area contributed by atoms with Crippen molar-refractivity contribution < 1.29 is 14.3 Å². The molecule has 24 heavy (non-hydrogen) atoms. The lowest BCUT2D eigenvalue weighted by atomic mass is 9.46.